The third-order valence-electron chi connectivity index (χ3n) is 2.99. The van der Waals surface area contributed by atoms with Crippen LogP contribution in [0.1, 0.15) is 23.1 Å². The standard InChI is InChI=1S/C13H19NO/c1-10-3-4-11(2)12(7-10)9-15-13-5-6-14-8-13/h3-4,7,13-14H,5-6,8-9H2,1-2H3. The summed E-state index contributed by atoms with van der Waals surface area (Å²) in [5, 5.41) is 3.31. The topological polar surface area (TPSA) is 21.3 Å². The normalized spacial score (nSPS) is 20.8. The van der Waals surface area contributed by atoms with E-state index in [1.807, 2.05) is 0 Å². The molecule has 1 heterocycles. The predicted octanol–water partition coefficient (Wildman–Crippen LogP) is 2.18. The predicted molar refractivity (Wildman–Crippen MR) is 62.0 cm³/mol. The summed E-state index contributed by atoms with van der Waals surface area (Å²) in [5.74, 6) is 0. The van der Waals surface area contributed by atoms with Crippen LogP contribution in [0.2, 0.25) is 0 Å². The molecule has 2 heteroatoms. The summed E-state index contributed by atoms with van der Waals surface area (Å²) in [6.45, 7) is 7.12. The Labute approximate surface area is 91.6 Å². The highest BCUT2D eigenvalue weighted by Gasteiger charge is 2.14. The van der Waals surface area contributed by atoms with Crippen molar-refractivity contribution in [3.8, 4) is 0 Å². The van der Waals surface area contributed by atoms with Gasteiger partial charge in [0.15, 0.2) is 0 Å². The van der Waals surface area contributed by atoms with Crippen LogP contribution in [0.4, 0.5) is 0 Å². The SMILES string of the molecule is Cc1ccc(C)c(COC2CCNC2)c1. The fourth-order valence-electron chi connectivity index (χ4n) is 1.93. The molecule has 0 radical (unpaired) electrons. The molecule has 2 rings (SSSR count). The fourth-order valence-corrected chi connectivity index (χ4v) is 1.93. The Kier molecular flexibility index (Phi) is 3.39. The molecule has 1 aliphatic heterocycles. The van der Waals surface area contributed by atoms with Crippen molar-refractivity contribution >= 4 is 0 Å². The van der Waals surface area contributed by atoms with Crippen LogP contribution in [0.5, 0.6) is 0 Å². The first-order valence-corrected chi connectivity index (χ1v) is 5.64. The van der Waals surface area contributed by atoms with Crippen molar-refractivity contribution in [2.75, 3.05) is 13.1 Å². The van der Waals surface area contributed by atoms with Crippen LogP contribution in [0, 0.1) is 13.8 Å². The first-order chi connectivity index (χ1) is 7.25. The van der Waals surface area contributed by atoms with Gasteiger partial charge in [-0.3, -0.25) is 0 Å². The zero-order valence-corrected chi connectivity index (χ0v) is 9.55. The molecule has 0 aliphatic carbocycles. The number of hydrogen-bond donors (Lipinski definition) is 1. The van der Waals surface area contributed by atoms with Gasteiger partial charge in [0, 0.05) is 6.54 Å². The Hall–Kier alpha value is -0.860. The molecule has 1 N–H and O–H groups in total. The second-order valence-corrected chi connectivity index (χ2v) is 4.36. The number of rotatable bonds is 3. The van der Waals surface area contributed by atoms with Crippen LogP contribution in [0.25, 0.3) is 0 Å². The maximum Gasteiger partial charge on any atom is 0.0723 e. The maximum atomic E-state index is 5.86. The van der Waals surface area contributed by atoms with Gasteiger partial charge in [0.1, 0.15) is 0 Å². The Morgan fingerprint density at radius 2 is 2.27 bits per heavy atom. The summed E-state index contributed by atoms with van der Waals surface area (Å²) in [6, 6.07) is 6.54. The molecule has 1 aromatic carbocycles. The van der Waals surface area contributed by atoms with Crippen molar-refractivity contribution in [3.05, 3.63) is 34.9 Å². The van der Waals surface area contributed by atoms with E-state index in [0.29, 0.717) is 6.10 Å². The van der Waals surface area contributed by atoms with Gasteiger partial charge in [0.25, 0.3) is 0 Å². The van der Waals surface area contributed by atoms with E-state index in [-0.39, 0.29) is 0 Å². The minimum absolute atomic E-state index is 0.407. The van der Waals surface area contributed by atoms with Gasteiger partial charge >= 0.3 is 0 Å². The average Bonchev–Trinajstić information content (AvgIpc) is 2.72. The molecule has 0 amide bonds. The third kappa shape index (κ3) is 2.80. The smallest absolute Gasteiger partial charge is 0.0723 e. The number of ether oxygens (including phenoxy) is 1. The van der Waals surface area contributed by atoms with Gasteiger partial charge in [0.2, 0.25) is 0 Å². The largest absolute Gasteiger partial charge is 0.372 e. The van der Waals surface area contributed by atoms with Gasteiger partial charge in [-0.25, -0.2) is 0 Å². The van der Waals surface area contributed by atoms with Gasteiger partial charge < -0.3 is 10.1 Å². The van der Waals surface area contributed by atoms with Crippen molar-refractivity contribution in [2.45, 2.75) is 33.0 Å². The number of aryl methyl sites for hydroxylation is 2. The minimum Gasteiger partial charge on any atom is -0.372 e. The van der Waals surface area contributed by atoms with Crippen LogP contribution in [0.3, 0.4) is 0 Å². The summed E-state index contributed by atoms with van der Waals surface area (Å²) >= 11 is 0. The molecule has 1 aliphatic rings. The fraction of sp³-hybridized carbons (Fsp3) is 0.538. The quantitative estimate of drug-likeness (QED) is 0.816. The lowest BCUT2D eigenvalue weighted by molar-refractivity contribution is 0.0539. The number of hydrogen-bond acceptors (Lipinski definition) is 2. The van der Waals surface area contributed by atoms with Gasteiger partial charge in [0.05, 0.1) is 12.7 Å². The maximum absolute atomic E-state index is 5.86. The Morgan fingerprint density at radius 1 is 1.40 bits per heavy atom. The van der Waals surface area contributed by atoms with Crippen LogP contribution in [0.15, 0.2) is 18.2 Å². The first-order valence-electron chi connectivity index (χ1n) is 5.64. The van der Waals surface area contributed by atoms with E-state index in [1.165, 1.54) is 16.7 Å². The zero-order valence-electron chi connectivity index (χ0n) is 9.55. The Balaban J connectivity index is 1.94. The summed E-state index contributed by atoms with van der Waals surface area (Å²) in [4.78, 5) is 0. The lowest BCUT2D eigenvalue weighted by Gasteiger charge is -2.12. The van der Waals surface area contributed by atoms with E-state index in [4.69, 9.17) is 4.74 Å². The number of nitrogens with one attached hydrogen (secondary N) is 1. The molecule has 1 fully saturated rings. The van der Waals surface area contributed by atoms with Crippen molar-refractivity contribution in [2.24, 2.45) is 0 Å². The van der Waals surface area contributed by atoms with Gasteiger partial charge in [-0.15, -0.1) is 0 Å². The number of benzene rings is 1. The summed E-state index contributed by atoms with van der Waals surface area (Å²) in [6.07, 6.45) is 1.55. The highest BCUT2D eigenvalue weighted by Crippen LogP contribution is 2.14. The molecular weight excluding hydrogens is 186 g/mol. The molecule has 15 heavy (non-hydrogen) atoms. The van der Waals surface area contributed by atoms with Gasteiger partial charge in [-0.05, 0) is 37.9 Å². The Morgan fingerprint density at radius 3 is 3.00 bits per heavy atom. The zero-order chi connectivity index (χ0) is 10.7. The minimum atomic E-state index is 0.407. The molecule has 1 aromatic rings. The van der Waals surface area contributed by atoms with E-state index < -0.39 is 0 Å². The second-order valence-electron chi connectivity index (χ2n) is 4.36. The lowest BCUT2D eigenvalue weighted by atomic mass is 10.1. The molecule has 1 unspecified atom stereocenters. The highest BCUT2D eigenvalue weighted by atomic mass is 16.5. The van der Waals surface area contributed by atoms with E-state index in [0.717, 1.165) is 26.1 Å². The molecule has 0 spiro atoms. The van der Waals surface area contributed by atoms with Gasteiger partial charge in [-0.1, -0.05) is 23.8 Å². The van der Waals surface area contributed by atoms with Crippen molar-refractivity contribution in [1.82, 2.24) is 5.32 Å². The van der Waals surface area contributed by atoms with E-state index in [9.17, 15) is 0 Å². The average molecular weight is 205 g/mol. The first kappa shape index (κ1) is 10.7. The summed E-state index contributed by atoms with van der Waals surface area (Å²) < 4.78 is 5.86. The monoisotopic (exact) mass is 205 g/mol. The molecule has 2 nitrogen and oxygen atoms in total. The lowest BCUT2D eigenvalue weighted by Crippen LogP contribution is -2.16. The van der Waals surface area contributed by atoms with E-state index in [1.54, 1.807) is 0 Å². The highest BCUT2D eigenvalue weighted by molar-refractivity contribution is 5.29. The van der Waals surface area contributed by atoms with Crippen LogP contribution >= 0.6 is 0 Å². The molecule has 0 bridgehead atoms. The van der Waals surface area contributed by atoms with Crippen LogP contribution in [-0.2, 0) is 11.3 Å². The molecule has 1 saturated heterocycles. The van der Waals surface area contributed by atoms with Crippen molar-refractivity contribution < 1.29 is 4.74 Å². The third-order valence-corrected chi connectivity index (χ3v) is 2.99. The second kappa shape index (κ2) is 4.77. The molecule has 82 valence electrons. The van der Waals surface area contributed by atoms with Crippen molar-refractivity contribution in [3.63, 3.8) is 0 Å². The Bertz CT molecular complexity index is 329. The molecular formula is C13H19NO. The van der Waals surface area contributed by atoms with Crippen molar-refractivity contribution in [1.29, 1.82) is 0 Å². The summed E-state index contributed by atoms with van der Waals surface area (Å²) in [7, 11) is 0. The molecule has 1 atom stereocenters. The van der Waals surface area contributed by atoms with Crippen LogP contribution in [-0.4, -0.2) is 19.2 Å². The van der Waals surface area contributed by atoms with E-state index >= 15 is 0 Å². The van der Waals surface area contributed by atoms with Gasteiger partial charge in [-0.2, -0.15) is 0 Å². The molecule has 0 saturated carbocycles. The summed E-state index contributed by atoms with van der Waals surface area (Å²) in [5.41, 5.74) is 3.96. The molecule has 0 aromatic heterocycles. The van der Waals surface area contributed by atoms with Crippen LogP contribution < -0.4 is 5.32 Å². The van der Waals surface area contributed by atoms with E-state index in [2.05, 4.69) is 37.4 Å².